The van der Waals surface area contributed by atoms with Crippen molar-refractivity contribution in [3.63, 3.8) is 0 Å². The van der Waals surface area contributed by atoms with Gasteiger partial charge >= 0.3 is 5.97 Å². The Morgan fingerprint density at radius 3 is 1.44 bits per heavy atom. The number of nitro groups is 1. The van der Waals surface area contributed by atoms with Crippen LogP contribution in [0.15, 0.2) is 97.8 Å². The van der Waals surface area contributed by atoms with Crippen molar-refractivity contribution in [1.82, 2.24) is 0 Å². The van der Waals surface area contributed by atoms with E-state index < -0.39 is 4.92 Å². The quantitative estimate of drug-likeness (QED) is 0.0155. The zero-order valence-electron chi connectivity index (χ0n) is 41.0. The molecule has 0 aliphatic carbocycles. The second-order valence-electron chi connectivity index (χ2n) is 15.4. The number of carbonyl (C=O) groups excluding carboxylic acids is 6. The lowest BCUT2D eigenvalue weighted by Crippen LogP contribution is -2.05. The number of benzene rings is 3. The predicted octanol–water partition coefficient (Wildman–Crippen LogP) is 13.8. The number of carbonyl (C=O) groups is 1. The Morgan fingerprint density at radius 2 is 0.985 bits per heavy atom. The second-order valence-corrected chi connectivity index (χ2v) is 15.4. The Labute approximate surface area is 404 Å². The largest absolute Gasteiger partial charge is 0.462 e. The van der Waals surface area contributed by atoms with Crippen LogP contribution in [0.4, 0.5) is 17.1 Å². The molecule has 68 heavy (non-hydrogen) atoms. The van der Waals surface area contributed by atoms with Crippen LogP contribution in [0, 0.1) is 17.0 Å². The number of ether oxygens (including phenoxy) is 1. The van der Waals surface area contributed by atoms with Crippen molar-refractivity contribution in [1.29, 1.82) is 0 Å². The lowest BCUT2D eigenvalue weighted by molar-refractivity contribution is -0.385. The summed E-state index contributed by atoms with van der Waals surface area (Å²) in [7, 11) is 0. The molecule has 0 heterocycles. The lowest BCUT2D eigenvalue weighted by Gasteiger charge is -2.03. The molecular weight excluding hydrogens is 865 g/mol. The van der Waals surface area contributed by atoms with Gasteiger partial charge in [0, 0.05) is 6.07 Å². The summed E-state index contributed by atoms with van der Waals surface area (Å²) >= 11 is 0. The van der Waals surface area contributed by atoms with E-state index in [1.54, 1.807) is 30.3 Å². The van der Waals surface area contributed by atoms with Gasteiger partial charge in [0.2, 0.25) is 30.4 Å². The number of esters is 1. The van der Waals surface area contributed by atoms with Gasteiger partial charge in [-0.3, -0.25) is 10.1 Å². The van der Waals surface area contributed by atoms with E-state index in [1.807, 2.05) is 37.3 Å². The highest BCUT2D eigenvalue weighted by Crippen LogP contribution is 2.26. The Morgan fingerprint density at radius 1 is 0.529 bits per heavy atom. The van der Waals surface area contributed by atoms with E-state index in [1.165, 1.54) is 158 Å². The molecule has 0 spiro atoms. The highest BCUT2D eigenvalue weighted by molar-refractivity contribution is 5.89. The minimum atomic E-state index is -0.515. The van der Waals surface area contributed by atoms with Gasteiger partial charge in [0.1, 0.15) is 0 Å². The fourth-order valence-electron chi connectivity index (χ4n) is 6.07. The zero-order chi connectivity index (χ0) is 50.6. The molecule has 0 radical (unpaired) electrons. The topological polar surface area (TPSA) is 217 Å². The van der Waals surface area contributed by atoms with Gasteiger partial charge < -0.3 is 4.74 Å². The second kappa shape index (κ2) is 49.9. The molecule has 0 unspecified atom stereocenters. The summed E-state index contributed by atoms with van der Waals surface area (Å²) in [6, 6.07) is 20.6. The van der Waals surface area contributed by atoms with E-state index in [0.717, 1.165) is 32.1 Å². The van der Waals surface area contributed by atoms with Gasteiger partial charge in [0.25, 0.3) is 5.69 Å². The van der Waals surface area contributed by atoms with Crippen LogP contribution in [0.2, 0.25) is 0 Å². The summed E-state index contributed by atoms with van der Waals surface area (Å²) < 4.78 is 5.02. The molecule has 3 aromatic carbocycles. The van der Waals surface area contributed by atoms with E-state index >= 15 is 0 Å². The van der Waals surface area contributed by atoms with Gasteiger partial charge in [0.15, 0.2) is 0 Å². The van der Waals surface area contributed by atoms with Crippen LogP contribution in [0.1, 0.15) is 171 Å². The molecular formula is C53H74N6O9. The van der Waals surface area contributed by atoms with Gasteiger partial charge in [-0.25, -0.2) is 43.7 Å². The Hall–Kier alpha value is -6.57. The molecule has 0 atom stereocenters. The summed E-state index contributed by atoms with van der Waals surface area (Å²) in [6.45, 7) is 10.3. The van der Waals surface area contributed by atoms with Crippen LogP contribution in [-0.2, 0) is 35.1 Å². The van der Waals surface area contributed by atoms with Crippen LogP contribution >= 0.6 is 0 Å². The molecule has 0 amide bonds. The number of rotatable bonds is 30. The van der Waals surface area contributed by atoms with E-state index in [-0.39, 0.29) is 17.3 Å². The van der Waals surface area contributed by atoms with E-state index in [9.17, 15) is 38.9 Å². The van der Waals surface area contributed by atoms with Crippen LogP contribution < -0.4 is 0 Å². The van der Waals surface area contributed by atoms with Crippen LogP contribution in [-0.4, -0.2) is 67.5 Å². The number of unbranched alkanes of at least 4 members (excludes halogenated alkanes) is 17. The van der Waals surface area contributed by atoms with Crippen molar-refractivity contribution in [2.45, 2.75) is 163 Å². The molecule has 0 aliphatic heterocycles. The first-order valence-electron chi connectivity index (χ1n) is 24.0. The Bertz CT molecular complexity index is 1960. The molecule has 0 aliphatic rings. The van der Waals surface area contributed by atoms with Crippen molar-refractivity contribution in [3.8, 4) is 0 Å². The molecule has 0 saturated heterocycles. The van der Waals surface area contributed by atoms with Crippen LogP contribution in [0.25, 0.3) is 0 Å². The van der Waals surface area contributed by atoms with E-state index in [4.69, 9.17) is 4.74 Å². The molecule has 0 aromatic heterocycles. The van der Waals surface area contributed by atoms with Gasteiger partial charge in [-0.15, -0.1) is 0 Å². The third-order valence-corrected chi connectivity index (χ3v) is 9.94. The molecule has 0 N–H and O–H groups in total. The average molecular weight is 939 g/mol. The number of nitrogens with zero attached hydrogens (tertiary/aromatic N) is 6. The van der Waals surface area contributed by atoms with E-state index in [0.29, 0.717) is 43.1 Å². The van der Waals surface area contributed by atoms with E-state index in [2.05, 4.69) is 38.8 Å². The summed E-state index contributed by atoms with van der Waals surface area (Å²) in [4.78, 5) is 87.6. The zero-order valence-corrected chi connectivity index (χ0v) is 41.0. The standard InChI is InChI=1S/C17H33NO.C12H13NO3.C9H9NO.C8H6N2O3.C7H13NO/c1-2-3-4-5-6-7-8-9-10-11-12-13-14-15-16-18-17-19;1-2-3-8-16-12(15)10-4-6-11(7-5-10)13-9-14;11-8-10-7-6-9-4-2-1-3-5-9;1-6-7(9-5-11)3-2-4-8(6)10(12)13;1-2-3-4-5-6-8-7-9/h2-16H2,1H3;4-7H,2-3,8H2,1H3;1-5H,6-7H2;2-4H,1H3;2-6H2,1H3. The van der Waals surface area contributed by atoms with Crippen LogP contribution in [0.5, 0.6) is 0 Å². The number of isocyanates is 5. The third kappa shape index (κ3) is 39.8. The molecule has 15 nitrogen and oxygen atoms in total. The van der Waals surface area contributed by atoms with Gasteiger partial charge in [-0.2, -0.15) is 9.98 Å². The SMILES string of the molecule is CCCCCCCCCCCCCCCCN=C=O.CCCCCCN=C=O.CCCCOC(=O)c1ccc(N=C=O)cc1.Cc1c(N=C=O)cccc1[N+](=O)[O-].O=C=NCCc1ccccc1. The molecule has 15 heteroatoms. The molecule has 3 aromatic rings. The van der Waals surface area contributed by atoms with Gasteiger partial charge in [-0.05, 0) is 68.5 Å². The fourth-order valence-corrected chi connectivity index (χ4v) is 6.07. The predicted molar refractivity (Wildman–Crippen MR) is 269 cm³/mol. The third-order valence-electron chi connectivity index (χ3n) is 9.94. The molecule has 0 fully saturated rings. The first kappa shape index (κ1) is 63.5. The van der Waals surface area contributed by atoms with Crippen LogP contribution in [0.3, 0.4) is 0 Å². The molecule has 370 valence electrons. The number of hydrogen-bond donors (Lipinski definition) is 0. The first-order valence-corrected chi connectivity index (χ1v) is 24.0. The number of nitro benzene ring substituents is 1. The minimum Gasteiger partial charge on any atom is -0.462 e. The normalized spacial score (nSPS) is 9.35. The van der Waals surface area contributed by atoms with Crippen molar-refractivity contribution in [2.75, 3.05) is 26.2 Å². The summed E-state index contributed by atoms with van der Waals surface area (Å²) in [5, 5.41) is 10.4. The highest BCUT2D eigenvalue weighted by Gasteiger charge is 2.12. The fraction of sp³-hybridized carbons (Fsp3) is 0.547. The first-order chi connectivity index (χ1) is 33.2. The summed E-state index contributed by atoms with van der Waals surface area (Å²) in [5.41, 5.74) is 2.74. The average Bonchev–Trinajstić information content (AvgIpc) is 3.35. The smallest absolute Gasteiger partial charge is 0.338 e. The van der Waals surface area contributed by atoms with Crippen molar-refractivity contribution in [2.24, 2.45) is 25.0 Å². The molecule has 3 rings (SSSR count). The maximum Gasteiger partial charge on any atom is 0.338 e. The number of aliphatic imine (C=N–C) groups is 5. The minimum absolute atomic E-state index is 0.0449. The van der Waals surface area contributed by atoms with Crippen molar-refractivity contribution in [3.05, 3.63) is 99.6 Å². The van der Waals surface area contributed by atoms with Gasteiger partial charge in [0.05, 0.1) is 53.7 Å². The monoisotopic (exact) mass is 939 g/mol. The number of hydrogen-bond acceptors (Lipinski definition) is 14. The lowest BCUT2D eigenvalue weighted by atomic mass is 10.0. The molecule has 0 saturated carbocycles. The Kier molecular flexibility index (Phi) is 46.6. The maximum absolute atomic E-state index is 11.5. The summed E-state index contributed by atoms with van der Waals surface area (Å²) in [5.74, 6) is -0.352. The molecule has 0 bridgehead atoms. The maximum atomic E-state index is 11.5. The Balaban J connectivity index is 0. The highest BCUT2D eigenvalue weighted by atomic mass is 16.6. The van der Waals surface area contributed by atoms with Gasteiger partial charge in [-0.1, -0.05) is 166 Å². The van der Waals surface area contributed by atoms with Crippen molar-refractivity contribution < 1.29 is 38.4 Å². The summed E-state index contributed by atoms with van der Waals surface area (Å²) in [6.07, 6.45) is 33.8. The van der Waals surface area contributed by atoms with Crippen molar-refractivity contribution >= 4 is 53.4 Å².